The van der Waals surface area contributed by atoms with Gasteiger partial charge in [-0.05, 0) is 12.1 Å². The van der Waals surface area contributed by atoms with Crippen molar-refractivity contribution < 1.29 is 14.3 Å². The summed E-state index contributed by atoms with van der Waals surface area (Å²) in [5, 5.41) is 0. The average Bonchev–Trinajstić information content (AvgIpc) is 2.45. The Kier molecular flexibility index (Phi) is 4.03. The summed E-state index contributed by atoms with van der Waals surface area (Å²) in [5.74, 6) is -0.521. The van der Waals surface area contributed by atoms with Crippen LogP contribution in [0.5, 0.6) is 0 Å². The quantitative estimate of drug-likeness (QED) is 0.621. The summed E-state index contributed by atoms with van der Waals surface area (Å²) in [7, 11) is 0. The molecule has 0 bridgehead atoms. The summed E-state index contributed by atoms with van der Waals surface area (Å²) >= 11 is 0. The van der Waals surface area contributed by atoms with Crippen molar-refractivity contribution >= 4 is 11.8 Å². The molecule has 0 radical (unpaired) electrons. The number of carbonyl (C=O) groups excluding carboxylic acids is 2. The predicted octanol–water partition coefficient (Wildman–Crippen LogP) is 2.38. The van der Waals surface area contributed by atoms with Crippen LogP contribution < -0.4 is 0 Å². The Hall–Kier alpha value is -2.49. The van der Waals surface area contributed by atoms with Crippen LogP contribution in [0.1, 0.15) is 28.7 Å². The highest BCUT2D eigenvalue weighted by Crippen LogP contribution is 2.09. The van der Waals surface area contributed by atoms with Crippen molar-refractivity contribution in [1.82, 2.24) is 4.98 Å². The predicted molar refractivity (Wildman–Crippen MR) is 69.6 cm³/mol. The highest BCUT2D eigenvalue weighted by atomic mass is 16.5. The van der Waals surface area contributed by atoms with Crippen molar-refractivity contribution in [3.8, 4) is 0 Å². The van der Waals surface area contributed by atoms with Gasteiger partial charge >= 0.3 is 5.97 Å². The lowest BCUT2D eigenvalue weighted by Crippen LogP contribution is -2.07. The third-order valence-corrected chi connectivity index (χ3v) is 2.50. The minimum absolute atomic E-state index is 0.0746. The summed E-state index contributed by atoms with van der Waals surface area (Å²) in [6, 6.07) is 14.0. The van der Waals surface area contributed by atoms with E-state index >= 15 is 0 Å². The van der Waals surface area contributed by atoms with Gasteiger partial charge in [-0.3, -0.25) is 9.59 Å². The largest absolute Gasteiger partial charge is 0.459 e. The molecule has 0 aliphatic carbocycles. The molecule has 0 amide bonds. The molecule has 2 rings (SSSR count). The van der Waals surface area contributed by atoms with Gasteiger partial charge < -0.3 is 4.74 Å². The van der Waals surface area contributed by atoms with Gasteiger partial charge in [0.05, 0.1) is 5.69 Å². The first-order valence-corrected chi connectivity index (χ1v) is 5.86. The molecule has 0 saturated carbocycles. The zero-order valence-corrected chi connectivity index (χ0v) is 10.5. The first kappa shape index (κ1) is 13.0. The standard InChI is InChI=1S/C15H13NO3/c1-11(17)19-10-13-8-5-9-14(16-13)15(18)12-6-3-2-4-7-12/h2-9H,10H2,1H3. The van der Waals surface area contributed by atoms with Crippen molar-refractivity contribution in [1.29, 1.82) is 0 Å². The van der Waals surface area contributed by atoms with Crippen LogP contribution in [0.25, 0.3) is 0 Å². The topological polar surface area (TPSA) is 56.3 Å². The van der Waals surface area contributed by atoms with Gasteiger partial charge in [0.15, 0.2) is 0 Å². The number of ether oxygens (including phenoxy) is 1. The third-order valence-electron chi connectivity index (χ3n) is 2.50. The van der Waals surface area contributed by atoms with Crippen LogP contribution in [-0.2, 0) is 16.1 Å². The second-order valence-corrected chi connectivity index (χ2v) is 3.99. The summed E-state index contributed by atoms with van der Waals surface area (Å²) in [6.07, 6.45) is 0. The molecule has 0 saturated heterocycles. The Balaban J connectivity index is 2.19. The summed E-state index contributed by atoms with van der Waals surface area (Å²) in [4.78, 5) is 27.1. The molecule has 19 heavy (non-hydrogen) atoms. The maximum absolute atomic E-state index is 12.2. The van der Waals surface area contributed by atoms with E-state index in [2.05, 4.69) is 4.98 Å². The van der Waals surface area contributed by atoms with Crippen LogP contribution in [0.3, 0.4) is 0 Å². The van der Waals surface area contributed by atoms with Gasteiger partial charge in [0, 0.05) is 12.5 Å². The van der Waals surface area contributed by atoms with E-state index in [1.807, 2.05) is 6.07 Å². The fourth-order valence-corrected chi connectivity index (χ4v) is 1.60. The van der Waals surface area contributed by atoms with Crippen LogP contribution in [-0.4, -0.2) is 16.7 Å². The molecule has 4 heteroatoms. The smallest absolute Gasteiger partial charge is 0.303 e. The van der Waals surface area contributed by atoms with Crippen LogP contribution in [0.2, 0.25) is 0 Å². The molecule has 96 valence electrons. The van der Waals surface area contributed by atoms with E-state index in [0.717, 1.165) is 0 Å². The molecule has 1 aromatic heterocycles. The molecule has 0 spiro atoms. The maximum atomic E-state index is 12.2. The molecule has 1 aromatic carbocycles. The second-order valence-electron chi connectivity index (χ2n) is 3.99. The van der Waals surface area contributed by atoms with Gasteiger partial charge in [0.25, 0.3) is 0 Å². The number of esters is 1. The number of ketones is 1. The molecular formula is C15H13NO3. The molecule has 0 N–H and O–H groups in total. The number of carbonyl (C=O) groups is 2. The SMILES string of the molecule is CC(=O)OCc1cccc(C(=O)c2ccccc2)n1. The minimum atomic E-state index is -0.374. The van der Waals surface area contributed by atoms with Crippen molar-refractivity contribution in [2.24, 2.45) is 0 Å². The lowest BCUT2D eigenvalue weighted by molar-refractivity contribution is -0.142. The van der Waals surface area contributed by atoms with E-state index in [1.165, 1.54) is 6.92 Å². The molecule has 2 aromatic rings. The average molecular weight is 255 g/mol. The summed E-state index contributed by atoms with van der Waals surface area (Å²) in [6.45, 7) is 1.41. The van der Waals surface area contributed by atoms with E-state index in [-0.39, 0.29) is 18.4 Å². The maximum Gasteiger partial charge on any atom is 0.303 e. The van der Waals surface area contributed by atoms with Gasteiger partial charge in [-0.2, -0.15) is 0 Å². The molecule has 4 nitrogen and oxygen atoms in total. The van der Waals surface area contributed by atoms with Crippen molar-refractivity contribution in [2.75, 3.05) is 0 Å². The van der Waals surface area contributed by atoms with Crippen LogP contribution >= 0.6 is 0 Å². The van der Waals surface area contributed by atoms with Gasteiger partial charge in [0.1, 0.15) is 12.3 Å². The highest BCUT2D eigenvalue weighted by Gasteiger charge is 2.10. The number of hydrogen-bond acceptors (Lipinski definition) is 4. The molecular weight excluding hydrogens is 242 g/mol. The molecule has 0 aliphatic rings. The van der Waals surface area contributed by atoms with E-state index in [0.29, 0.717) is 17.0 Å². The number of hydrogen-bond donors (Lipinski definition) is 0. The summed E-state index contributed by atoms with van der Waals surface area (Å²) in [5.41, 5.74) is 1.48. The molecule has 0 unspecified atom stereocenters. The lowest BCUT2D eigenvalue weighted by Gasteiger charge is -2.04. The Morgan fingerprint density at radius 3 is 2.47 bits per heavy atom. The summed E-state index contributed by atoms with van der Waals surface area (Å²) < 4.78 is 4.86. The van der Waals surface area contributed by atoms with Gasteiger partial charge in [-0.25, -0.2) is 4.98 Å². The zero-order valence-electron chi connectivity index (χ0n) is 10.5. The Labute approximate surface area is 111 Å². The molecule has 0 atom stereocenters. The van der Waals surface area contributed by atoms with E-state index in [4.69, 9.17) is 4.74 Å². The second kappa shape index (κ2) is 5.91. The van der Waals surface area contributed by atoms with Crippen molar-refractivity contribution in [3.05, 3.63) is 65.5 Å². The normalized spacial score (nSPS) is 9.95. The number of nitrogens with zero attached hydrogens (tertiary/aromatic N) is 1. The van der Waals surface area contributed by atoms with Crippen LogP contribution in [0, 0.1) is 0 Å². The Bertz CT molecular complexity index is 593. The monoisotopic (exact) mass is 255 g/mol. The lowest BCUT2D eigenvalue weighted by atomic mass is 10.1. The number of benzene rings is 1. The third kappa shape index (κ3) is 3.48. The van der Waals surface area contributed by atoms with Crippen LogP contribution in [0.15, 0.2) is 48.5 Å². The Morgan fingerprint density at radius 2 is 1.79 bits per heavy atom. The van der Waals surface area contributed by atoms with Gasteiger partial charge in [0.2, 0.25) is 5.78 Å². The van der Waals surface area contributed by atoms with Gasteiger partial charge in [-0.1, -0.05) is 36.4 Å². The number of rotatable bonds is 4. The molecule has 0 aliphatic heterocycles. The van der Waals surface area contributed by atoms with Crippen molar-refractivity contribution in [3.63, 3.8) is 0 Å². The van der Waals surface area contributed by atoms with E-state index in [9.17, 15) is 9.59 Å². The fraction of sp³-hybridized carbons (Fsp3) is 0.133. The first-order chi connectivity index (χ1) is 9.16. The van der Waals surface area contributed by atoms with Crippen LogP contribution in [0.4, 0.5) is 0 Å². The van der Waals surface area contributed by atoms with Gasteiger partial charge in [-0.15, -0.1) is 0 Å². The number of pyridine rings is 1. The fourth-order valence-electron chi connectivity index (χ4n) is 1.60. The number of aromatic nitrogens is 1. The minimum Gasteiger partial charge on any atom is -0.459 e. The zero-order chi connectivity index (χ0) is 13.7. The first-order valence-electron chi connectivity index (χ1n) is 5.86. The van der Waals surface area contributed by atoms with E-state index < -0.39 is 0 Å². The van der Waals surface area contributed by atoms with E-state index in [1.54, 1.807) is 42.5 Å². The highest BCUT2D eigenvalue weighted by molar-refractivity contribution is 6.07. The molecule has 1 heterocycles. The van der Waals surface area contributed by atoms with Crippen molar-refractivity contribution in [2.45, 2.75) is 13.5 Å². The Morgan fingerprint density at radius 1 is 1.05 bits per heavy atom. The molecule has 0 fully saturated rings.